The lowest BCUT2D eigenvalue weighted by Gasteiger charge is -2.18. The summed E-state index contributed by atoms with van der Waals surface area (Å²) in [4.78, 5) is 0. The van der Waals surface area contributed by atoms with E-state index in [1.807, 2.05) is 12.1 Å². The van der Waals surface area contributed by atoms with Gasteiger partial charge in [0.15, 0.2) is 0 Å². The van der Waals surface area contributed by atoms with Gasteiger partial charge in [-0.1, -0.05) is 120 Å². The zero-order valence-corrected chi connectivity index (χ0v) is 18.9. The van der Waals surface area contributed by atoms with Gasteiger partial charge in [-0.2, -0.15) is 0 Å². The molecule has 0 N–H and O–H groups in total. The molecule has 0 bridgehead atoms. The summed E-state index contributed by atoms with van der Waals surface area (Å²) in [5, 5.41) is 0.765. The molecule has 4 aromatic rings. The average Bonchev–Trinajstić information content (AvgIpc) is 3.19. The summed E-state index contributed by atoms with van der Waals surface area (Å²) in [5.74, 6) is 0.190. The van der Waals surface area contributed by atoms with Crippen LogP contribution in [0.15, 0.2) is 115 Å². The van der Waals surface area contributed by atoms with Crippen molar-refractivity contribution in [3.05, 3.63) is 153 Å². The van der Waals surface area contributed by atoms with Crippen LogP contribution in [0.5, 0.6) is 0 Å². The van der Waals surface area contributed by atoms with Crippen LogP contribution in [-0.2, 0) is 6.42 Å². The first-order valence-corrected chi connectivity index (χ1v) is 11.4. The molecule has 0 saturated heterocycles. The highest BCUT2D eigenvalue weighted by atomic mass is 35.5. The first-order chi connectivity index (χ1) is 15.7. The van der Waals surface area contributed by atoms with Crippen LogP contribution in [0.3, 0.4) is 0 Å². The summed E-state index contributed by atoms with van der Waals surface area (Å²) in [6.07, 6.45) is 5.56. The molecule has 0 nitrogen and oxygen atoms in total. The van der Waals surface area contributed by atoms with E-state index < -0.39 is 0 Å². The second kappa shape index (κ2) is 9.02. The Labute approximate surface area is 195 Å². The Balaban J connectivity index is 1.69. The molecule has 0 saturated carbocycles. The molecule has 0 heterocycles. The number of rotatable bonds is 5. The van der Waals surface area contributed by atoms with Crippen molar-refractivity contribution in [3.63, 3.8) is 0 Å². The van der Waals surface area contributed by atoms with E-state index in [4.69, 9.17) is 11.6 Å². The molecule has 1 unspecified atom stereocenters. The maximum absolute atomic E-state index is 6.22. The van der Waals surface area contributed by atoms with Crippen LogP contribution in [-0.4, -0.2) is 0 Å². The minimum atomic E-state index is 0.190. The number of hydrogen-bond donors (Lipinski definition) is 0. The molecule has 0 amide bonds. The Hall–Kier alpha value is -3.35. The fourth-order valence-electron chi connectivity index (χ4n) is 4.66. The summed E-state index contributed by atoms with van der Waals surface area (Å²) in [7, 11) is 0. The first-order valence-electron chi connectivity index (χ1n) is 11.1. The van der Waals surface area contributed by atoms with Crippen LogP contribution >= 0.6 is 11.6 Å². The highest BCUT2D eigenvalue weighted by Gasteiger charge is 2.28. The lowest BCUT2D eigenvalue weighted by Crippen LogP contribution is -2.02. The maximum atomic E-state index is 6.22. The highest BCUT2D eigenvalue weighted by Crippen LogP contribution is 2.44. The summed E-state index contributed by atoms with van der Waals surface area (Å²) in [6.45, 7) is 2.17. The number of aryl methyl sites for hydroxylation is 1. The monoisotopic (exact) mass is 432 g/mol. The van der Waals surface area contributed by atoms with Crippen molar-refractivity contribution in [1.82, 2.24) is 0 Å². The summed E-state index contributed by atoms with van der Waals surface area (Å²) in [6, 6.07) is 36.5. The third-order valence-corrected chi connectivity index (χ3v) is 6.43. The number of hydrogen-bond acceptors (Lipinski definition) is 0. The van der Waals surface area contributed by atoms with Crippen molar-refractivity contribution >= 4 is 23.3 Å². The molecule has 5 rings (SSSR count). The standard InChI is InChI=1S/C31H25Cl/c1-22-12-18-29-26(20-22)21-30(31(29)25-14-16-27(32)17-15-25)28(24-10-6-3-7-11-24)19-13-23-8-4-2-5-9-23/h2-20,28H,21H2,1H3/b19-13+. The van der Waals surface area contributed by atoms with Crippen molar-refractivity contribution in [2.45, 2.75) is 19.3 Å². The summed E-state index contributed by atoms with van der Waals surface area (Å²) in [5.41, 5.74) is 10.6. The smallest absolute Gasteiger partial charge is 0.0406 e. The molecule has 1 atom stereocenters. The van der Waals surface area contributed by atoms with Gasteiger partial charge in [-0.3, -0.25) is 0 Å². The first kappa shape index (κ1) is 20.5. The molecule has 1 aliphatic carbocycles. The minimum absolute atomic E-state index is 0.190. The van der Waals surface area contributed by atoms with Crippen LogP contribution in [0.1, 0.15) is 39.3 Å². The van der Waals surface area contributed by atoms with Gasteiger partial charge in [-0.15, -0.1) is 0 Å². The van der Waals surface area contributed by atoms with Gasteiger partial charge in [-0.05, 0) is 64.4 Å². The van der Waals surface area contributed by atoms with Crippen LogP contribution in [0.2, 0.25) is 5.02 Å². The molecule has 156 valence electrons. The topological polar surface area (TPSA) is 0 Å². The number of halogens is 1. The Morgan fingerprint density at radius 1 is 0.781 bits per heavy atom. The van der Waals surface area contributed by atoms with Crippen molar-refractivity contribution in [2.24, 2.45) is 0 Å². The van der Waals surface area contributed by atoms with Gasteiger partial charge < -0.3 is 0 Å². The fraction of sp³-hybridized carbons (Fsp3) is 0.0968. The van der Waals surface area contributed by atoms with Crippen molar-refractivity contribution in [2.75, 3.05) is 0 Å². The van der Waals surface area contributed by atoms with Crippen LogP contribution in [0, 0.1) is 6.92 Å². The number of fused-ring (bicyclic) bond motifs is 1. The highest BCUT2D eigenvalue weighted by molar-refractivity contribution is 6.30. The van der Waals surface area contributed by atoms with Gasteiger partial charge in [0.05, 0.1) is 0 Å². The predicted molar refractivity (Wildman–Crippen MR) is 137 cm³/mol. The zero-order valence-electron chi connectivity index (χ0n) is 18.1. The molecule has 32 heavy (non-hydrogen) atoms. The van der Waals surface area contributed by atoms with E-state index in [9.17, 15) is 0 Å². The van der Waals surface area contributed by atoms with Gasteiger partial charge in [0.1, 0.15) is 0 Å². The van der Waals surface area contributed by atoms with Gasteiger partial charge in [0.25, 0.3) is 0 Å². The average molecular weight is 433 g/mol. The van der Waals surface area contributed by atoms with Crippen molar-refractivity contribution in [1.29, 1.82) is 0 Å². The Bertz CT molecular complexity index is 1280. The van der Waals surface area contributed by atoms with Gasteiger partial charge in [0, 0.05) is 10.9 Å². The van der Waals surface area contributed by atoms with E-state index in [-0.39, 0.29) is 5.92 Å². The van der Waals surface area contributed by atoms with Crippen LogP contribution in [0.25, 0.3) is 11.6 Å². The van der Waals surface area contributed by atoms with Gasteiger partial charge in [-0.25, -0.2) is 0 Å². The Morgan fingerprint density at radius 3 is 2.19 bits per heavy atom. The molecule has 0 fully saturated rings. The third kappa shape index (κ3) is 4.20. The normalized spacial score (nSPS) is 14.1. The number of benzene rings is 4. The second-order valence-electron chi connectivity index (χ2n) is 8.40. The minimum Gasteiger partial charge on any atom is -0.0843 e. The van der Waals surface area contributed by atoms with E-state index in [0.717, 1.165) is 11.4 Å². The Morgan fingerprint density at radius 2 is 1.47 bits per heavy atom. The third-order valence-electron chi connectivity index (χ3n) is 6.18. The Kier molecular flexibility index (Phi) is 5.79. The zero-order chi connectivity index (χ0) is 21.9. The molecule has 0 aromatic heterocycles. The second-order valence-corrected chi connectivity index (χ2v) is 8.84. The van der Waals surface area contributed by atoms with Gasteiger partial charge >= 0.3 is 0 Å². The van der Waals surface area contributed by atoms with E-state index >= 15 is 0 Å². The largest absolute Gasteiger partial charge is 0.0843 e. The SMILES string of the molecule is Cc1ccc2c(c1)CC(C(/C=C/c1ccccc1)c1ccccc1)=C2c1ccc(Cl)cc1. The van der Waals surface area contributed by atoms with Crippen molar-refractivity contribution < 1.29 is 0 Å². The quantitative estimate of drug-likeness (QED) is 0.296. The van der Waals surface area contributed by atoms with Crippen LogP contribution < -0.4 is 0 Å². The van der Waals surface area contributed by atoms with E-state index in [1.165, 1.54) is 44.5 Å². The summed E-state index contributed by atoms with van der Waals surface area (Å²) >= 11 is 6.22. The molecular weight excluding hydrogens is 408 g/mol. The van der Waals surface area contributed by atoms with E-state index in [1.54, 1.807) is 0 Å². The molecule has 1 aliphatic rings. The fourth-order valence-corrected chi connectivity index (χ4v) is 4.79. The lowest BCUT2D eigenvalue weighted by atomic mass is 9.85. The van der Waals surface area contributed by atoms with Crippen LogP contribution in [0.4, 0.5) is 0 Å². The lowest BCUT2D eigenvalue weighted by molar-refractivity contribution is 0.952. The van der Waals surface area contributed by atoms with Crippen molar-refractivity contribution in [3.8, 4) is 0 Å². The summed E-state index contributed by atoms with van der Waals surface area (Å²) < 4.78 is 0. The van der Waals surface area contributed by atoms with E-state index in [2.05, 4.69) is 110 Å². The van der Waals surface area contributed by atoms with Gasteiger partial charge in [0.2, 0.25) is 0 Å². The predicted octanol–water partition coefficient (Wildman–Crippen LogP) is 8.50. The number of allylic oxidation sites excluding steroid dienone is 2. The molecular formula is C31H25Cl. The van der Waals surface area contributed by atoms with E-state index in [0.29, 0.717) is 0 Å². The maximum Gasteiger partial charge on any atom is 0.0406 e. The molecule has 4 aromatic carbocycles. The molecule has 0 radical (unpaired) electrons. The molecule has 0 aliphatic heterocycles. The molecule has 1 heteroatoms. The molecule has 0 spiro atoms.